The van der Waals surface area contributed by atoms with Crippen LogP contribution in [0.2, 0.25) is 0 Å². The molecule has 0 aromatic rings. The maximum Gasteiger partial charge on any atom is 0.305 e. The average Bonchev–Trinajstić information content (AvgIpc) is 2.64. The first-order chi connectivity index (χ1) is 13.1. The molecule has 0 radical (unpaired) electrons. The molecule has 0 rings (SSSR count). The first-order valence-corrected chi connectivity index (χ1v) is 9.97. The van der Waals surface area contributed by atoms with Crippen LogP contribution >= 0.6 is 0 Å². The van der Waals surface area contributed by atoms with Crippen LogP contribution in [-0.4, -0.2) is 25.2 Å². The van der Waals surface area contributed by atoms with Gasteiger partial charge in [0.05, 0.1) is 7.11 Å². The Balaban J connectivity index is 4.08. The van der Waals surface area contributed by atoms with Crippen molar-refractivity contribution in [3.63, 3.8) is 0 Å². The number of rotatable bonds is 15. The van der Waals surface area contributed by atoms with Crippen LogP contribution < -0.4 is 0 Å². The van der Waals surface area contributed by atoms with Gasteiger partial charge in [0.15, 0.2) is 0 Å². The highest BCUT2D eigenvalue weighted by Crippen LogP contribution is 2.06. The van der Waals surface area contributed by atoms with E-state index in [1.54, 1.807) is 0 Å². The van der Waals surface area contributed by atoms with Gasteiger partial charge in [-0.1, -0.05) is 62.3 Å². The lowest BCUT2D eigenvalue weighted by Crippen LogP contribution is -2.12. The number of hydrogen-bond acceptors (Lipinski definition) is 4. The Morgan fingerprint density at radius 1 is 0.926 bits per heavy atom. The second-order valence-corrected chi connectivity index (χ2v) is 6.34. The molecular formula is C23H36O4. The van der Waals surface area contributed by atoms with Crippen molar-refractivity contribution in [2.45, 2.75) is 77.7 Å². The molecule has 4 heteroatoms. The van der Waals surface area contributed by atoms with Crippen molar-refractivity contribution in [3.05, 3.63) is 48.6 Å². The van der Waals surface area contributed by atoms with Gasteiger partial charge in [0.2, 0.25) is 0 Å². The predicted octanol–water partition coefficient (Wildman–Crippen LogP) is 5.85. The van der Waals surface area contributed by atoms with E-state index in [1.807, 2.05) is 24.3 Å². The van der Waals surface area contributed by atoms with Crippen LogP contribution in [0.25, 0.3) is 0 Å². The maximum absolute atomic E-state index is 11.2. The highest BCUT2D eigenvalue weighted by Gasteiger charge is 2.05. The van der Waals surface area contributed by atoms with Gasteiger partial charge in [0.1, 0.15) is 6.10 Å². The van der Waals surface area contributed by atoms with Crippen molar-refractivity contribution >= 4 is 11.9 Å². The molecule has 0 aromatic carbocycles. The molecule has 0 unspecified atom stereocenters. The van der Waals surface area contributed by atoms with Crippen LogP contribution in [0.4, 0.5) is 0 Å². The number of allylic oxidation sites excluding steroid dienone is 6. The molecular weight excluding hydrogens is 340 g/mol. The van der Waals surface area contributed by atoms with Gasteiger partial charge in [-0.2, -0.15) is 0 Å². The second-order valence-electron chi connectivity index (χ2n) is 6.34. The Morgan fingerprint density at radius 3 is 2.37 bits per heavy atom. The molecule has 0 fully saturated rings. The third-order valence-electron chi connectivity index (χ3n) is 3.82. The van der Waals surface area contributed by atoms with E-state index in [2.05, 4.69) is 36.0 Å². The van der Waals surface area contributed by atoms with E-state index < -0.39 is 0 Å². The number of hydrogen-bond donors (Lipinski definition) is 0. The Bertz CT molecular complexity index is 501. The SMILES string of the molecule is CCCCC/C=C\C[C@@H](/C=C/C=C\C/C=C\CCCC(=O)OC)OC(C)=O. The fourth-order valence-electron chi connectivity index (χ4n) is 2.34. The summed E-state index contributed by atoms with van der Waals surface area (Å²) in [6, 6.07) is 0. The third-order valence-corrected chi connectivity index (χ3v) is 3.82. The van der Waals surface area contributed by atoms with Gasteiger partial charge >= 0.3 is 11.9 Å². The molecule has 0 aliphatic carbocycles. The van der Waals surface area contributed by atoms with Gasteiger partial charge in [0, 0.05) is 19.8 Å². The first-order valence-electron chi connectivity index (χ1n) is 9.97. The van der Waals surface area contributed by atoms with Gasteiger partial charge in [-0.05, 0) is 38.2 Å². The lowest BCUT2D eigenvalue weighted by Gasteiger charge is -2.10. The summed E-state index contributed by atoms with van der Waals surface area (Å²) in [5, 5.41) is 0. The quantitative estimate of drug-likeness (QED) is 0.156. The molecule has 4 nitrogen and oxygen atoms in total. The molecule has 0 aliphatic rings. The third kappa shape index (κ3) is 18.5. The number of carbonyl (C=O) groups excluding carboxylic acids is 2. The van der Waals surface area contributed by atoms with Crippen LogP contribution in [0, 0.1) is 0 Å². The van der Waals surface area contributed by atoms with Crippen molar-refractivity contribution < 1.29 is 19.1 Å². The molecule has 0 spiro atoms. The second kappa shape index (κ2) is 18.7. The molecule has 1 atom stereocenters. The van der Waals surface area contributed by atoms with Crippen molar-refractivity contribution in [2.24, 2.45) is 0 Å². The number of carbonyl (C=O) groups is 2. The van der Waals surface area contributed by atoms with E-state index in [1.165, 1.54) is 33.3 Å². The summed E-state index contributed by atoms with van der Waals surface area (Å²) >= 11 is 0. The van der Waals surface area contributed by atoms with Gasteiger partial charge in [0.25, 0.3) is 0 Å². The van der Waals surface area contributed by atoms with Crippen LogP contribution in [0.5, 0.6) is 0 Å². The van der Waals surface area contributed by atoms with E-state index in [0.717, 1.165) is 25.7 Å². The summed E-state index contributed by atoms with van der Waals surface area (Å²) in [7, 11) is 1.41. The largest absolute Gasteiger partial charge is 0.469 e. The minimum Gasteiger partial charge on any atom is -0.469 e. The summed E-state index contributed by atoms with van der Waals surface area (Å²) in [6.07, 6.45) is 24.5. The number of unbranched alkanes of at least 4 members (excludes halogenated alkanes) is 4. The van der Waals surface area contributed by atoms with E-state index in [9.17, 15) is 9.59 Å². The average molecular weight is 377 g/mol. The van der Waals surface area contributed by atoms with Gasteiger partial charge in [-0.15, -0.1) is 0 Å². The minimum absolute atomic E-state index is 0.161. The summed E-state index contributed by atoms with van der Waals surface area (Å²) in [6.45, 7) is 3.63. The van der Waals surface area contributed by atoms with Crippen molar-refractivity contribution in [1.82, 2.24) is 0 Å². The number of esters is 2. The zero-order valence-corrected chi connectivity index (χ0v) is 17.2. The molecule has 0 saturated carbocycles. The van der Waals surface area contributed by atoms with E-state index in [0.29, 0.717) is 12.8 Å². The fraction of sp³-hybridized carbons (Fsp3) is 0.565. The van der Waals surface area contributed by atoms with Crippen LogP contribution in [0.3, 0.4) is 0 Å². The van der Waals surface area contributed by atoms with E-state index in [-0.39, 0.29) is 18.0 Å². The fourth-order valence-corrected chi connectivity index (χ4v) is 2.34. The Kier molecular flexibility index (Phi) is 17.2. The van der Waals surface area contributed by atoms with Gasteiger partial charge < -0.3 is 9.47 Å². The standard InChI is InChI=1S/C23H36O4/c1-4-5-6-7-12-15-18-22(27-21(2)24)19-16-13-10-8-9-11-14-17-20-23(25)26-3/h9-13,15-16,19,22H,4-8,14,17-18,20H2,1-3H3/b11-9-,13-10-,15-12-,19-16+/t22-/m0/s1. The number of methoxy groups -OCH3 is 1. The Labute approximate surface area is 165 Å². The first kappa shape index (κ1) is 24.9. The van der Waals surface area contributed by atoms with Crippen LogP contribution in [0.15, 0.2) is 48.6 Å². The molecule has 152 valence electrons. The van der Waals surface area contributed by atoms with Crippen molar-refractivity contribution in [2.75, 3.05) is 7.11 Å². The summed E-state index contributed by atoms with van der Waals surface area (Å²) < 4.78 is 9.91. The van der Waals surface area contributed by atoms with Crippen LogP contribution in [0.1, 0.15) is 71.6 Å². The lowest BCUT2D eigenvalue weighted by molar-refractivity contribution is -0.144. The molecule has 27 heavy (non-hydrogen) atoms. The zero-order valence-electron chi connectivity index (χ0n) is 17.2. The molecule has 0 amide bonds. The molecule has 0 saturated heterocycles. The highest BCUT2D eigenvalue weighted by atomic mass is 16.5. The highest BCUT2D eigenvalue weighted by molar-refractivity contribution is 5.69. The monoisotopic (exact) mass is 376 g/mol. The Hall–Kier alpha value is -2.10. The molecule has 0 bridgehead atoms. The van der Waals surface area contributed by atoms with Gasteiger partial charge in [-0.3, -0.25) is 9.59 Å². The normalized spacial score (nSPS) is 13.1. The molecule has 0 N–H and O–H groups in total. The van der Waals surface area contributed by atoms with Crippen molar-refractivity contribution in [1.29, 1.82) is 0 Å². The van der Waals surface area contributed by atoms with Crippen LogP contribution in [-0.2, 0) is 19.1 Å². The summed E-state index contributed by atoms with van der Waals surface area (Å²) in [5.41, 5.74) is 0. The lowest BCUT2D eigenvalue weighted by atomic mass is 10.1. The zero-order chi connectivity index (χ0) is 20.2. The molecule has 0 aliphatic heterocycles. The Morgan fingerprint density at radius 2 is 1.67 bits per heavy atom. The van der Waals surface area contributed by atoms with Gasteiger partial charge in [-0.25, -0.2) is 0 Å². The predicted molar refractivity (Wildman–Crippen MR) is 111 cm³/mol. The van der Waals surface area contributed by atoms with E-state index in [4.69, 9.17) is 4.74 Å². The molecule has 0 heterocycles. The minimum atomic E-state index is -0.261. The summed E-state index contributed by atoms with van der Waals surface area (Å²) in [4.78, 5) is 22.2. The van der Waals surface area contributed by atoms with Crippen molar-refractivity contribution in [3.8, 4) is 0 Å². The number of ether oxygens (including phenoxy) is 2. The smallest absolute Gasteiger partial charge is 0.305 e. The van der Waals surface area contributed by atoms with E-state index >= 15 is 0 Å². The topological polar surface area (TPSA) is 52.6 Å². The summed E-state index contributed by atoms with van der Waals surface area (Å²) in [5.74, 6) is -0.422. The molecule has 0 aromatic heterocycles. The maximum atomic E-state index is 11.2.